The van der Waals surface area contributed by atoms with E-state index < -0.39 is 6.04 Å². The van der Waals surface area contributed by atoms with E-state index in [1.807, 2.05) is 6.07 Å². The molecule has 1 aromatic carbocycles. The summed E-state index contributed by atoms with van der Waals surface area (Å²) in [6, 6.07) is 6.16. The zero-order valence-electron chi connectivity index (χ0n) is 12.5. The SMILES string of the molecule is N#CNC1=NC(c2ccc(Cl)cc2Cl)c2c(nc(N)c(C#N)c2N)N1. The summed E-state index contributed by atoms with van der Waals surface area (Å²) in [5.74, 6) is 0.421. The predicted octanol–water partition coefficient (Wildman–Crippen LogP) is 2.37. The second kappa shape index (κ2) is 6.36. The number of hydrogen-bond donors (Lipinski definition) is 4. The number of aromatic nitrogens is 1. The molecule has 6 N–H and O–H groups in total. The van der Waals surface area contributed by atoms with E-state index in [9.17, 15) is 5.26 Å². The fourth-order valence-electron chi connectivity index (χ4n) is 2.53. The minimum atomic E-state index is -0.697. The molecule has 25 heavy (non-hydrogen) atoms. The Bertz CT molecular complexity index is 986. The molecule has 1 atom stereocenters. The molecule has 1 unspecified atom stereocenters. The highest BCUT2D eigenvalue weighted by molar-refractivity contribution is 6.35. The van der Waals surface area contributed by atoms with Crippen molar-refractivity contribution in [2.24, 2.45) is 4.99 Å². The molecule has 0 aliphatic carbocycles. The molecule has 10 heteroatoms. The van der Waals surface area contributed by atoms with E-state index in [2.05, 4.69) is 20.6 Å². The van der Waals surface area contributed by atoms with Gasteiger partial charge in [0.1, 0.15) is 29.3 Å². The van der Waals surface area contributed by atoms with Gasteiger partial charge in [-0.15, -0.1) is 0 Å². The molecule has 0 saturated heterocycles. The number of aliphatic imine (C=N–C) groups is 1. The fourth-order valence-corrected chi connectivity index (χ4v) is 3.04. The van der Waals surface area contributed by atoms with E-state index in [1.54, 1.807) is 24.4 Å². The predicted molar refractivity (Wildman–Crippen MR) is 95.9 cm³/mol. The van der Waals surface area contributed by atoms with Crippen LogP contribution in [-0.4, -0.2) is 10.9 Å². The first kappa shape index (κ1) is 16.7. The fraction of sp³-hybridized carbons (Fsp3) is 0.0667. The number of guanidine groups is 1. The molecule has 1 aromatic heterocycles. The lowest BCUT2D eigenvalue weighted by molar-refractivity contribution is 0.847. The van der Waals surface area contributed by atoms with Gasteiger partial charge in [-0.2, -0.15) is 10.5 Å². The molecular formula is C15H10Cl2N8. The van der Waals surface area contributed by atoms with Gasteiger partial charge in [0.15, 0.2) is 6.19 Å². The second-order valence-electron chi connectivity index (χ2n) is 5.07. The molecule has 124 valence electrons. The van der Waals surface area contributed by atoms with Gasteiger partial charge in [-0.3, -0.25) is 5.32 Å². The van der Waals surface area contributed by atoms with Gasteiger partial charge in [0.25, 0.3) is 0 Å². The molecule has 0 spiro atoms. The second-order valence-corrected chi connectivity index (χ2v) is 5.91. The highest BCUT2D eigenvalue weighted by Crippen LogP contribution is 2.42. The third kappa shape index (κ3) is 2.85. The monoisotopic (exact) mass is 372 g/mol. The van der Waals surface area contributed by atoms with Crippen LogP contribution >= 0.6 is 23.2 Å². The summed E-state index contributed by atoms with van der Waals surface area (Å²) < 4.78 is 0. The summed E-state index contributed by atoms with van der Waals surface area (Å²) in [6.07, 6.45) is 1.78. The van der Waals surface area contributed by atoms with Crippen LogP contribution in [-0.2, 0) is 0 Å². The Labute approximate surface area is 152 Å². The van der Waals surface area contributed by atoms with Crippen molar-refractivity contribution >= 4 is 46.5 Å². The van der Waals surface area contributed by atoms with Gasteiger partial charge >= 0.3 is 0 Å². The molecule has 1 aliphatic rings. The van der Waals surface area contributed by atoms with Crippen molar-refractivity contribution in [3.63, 3.8) is 0 Å². The minimum absolute atomic E-state index is 0.0228. The van der Waals surface area contributed by atoms with Gasteiger partial charge < -0.3 is 16.8 Å². The number of pyridine rings is 1. The average Bonchev–Trinajstić information content (AvgIpc) is 2.54. The van der Waals surface area contributed by atoms with E-state index >= 15 is 0 Å². The number of nitrogens with zero attached hydrogens (tertiary/aromatic N) is 4. The van der Waals surface area contributed by atoms with Crippen molar-refractivity contribution < 1.29 is 0 Å². The zero-order chi connectivity index (χ0) is 18.1. The lowest BCUT2D eigenvalue weighted by Gasteiger charge is -2.26. The van der Waals surface area contributed by atoms with Crippen LogP contribution in [0.1, 0.15) is 22.7 Å². The van der Waals surface area contributed by atoms with Crippen LogP contribution in [0, 0.1) is 22.8 Å². The summed E-state index contributed by atoms with van der Waals surface area (Å²) in [5, 5.41) is 24.2. The van der Waals surface area contributed by atoms with Crippen LogP contribution in [0.2, 0.25) is 10.0 Å². The molecule has 0 radical (unpaired) electrons. The van der Waals surface area contributed by atoms with Crippen molar-refractivity contribution in [2.75, 3.05) is 16.8 Å². The Kier molecular flexibility index (Phi) is 4.24. The number of nitrogens with two attached hydrogens (primary N) is 2. The van der Waals surface area contributed by atoms with Crippen LogP contribution in [0.3, 0.4) is 0 Å². The third-order valence-corrected chi connectivity index (χ3v) is 4.18. The third-order valence-electron chi connectivity index (χ3n) is 3.61. The summed E-state index contributed by atoms with van der Waals surface area (Å²) in [6.45, 7) is 0. The molecule has 2 aromatic rings. The van der Waals surface area contributed by atoms with Gasteiger partial charge in [0, 0.05) is 21.2 Å². The van der Waals surface area contributed by atoms with E-state index in [4.69, 9.17) is 39.9 Å². The average molecular weight is 373 g/mol. The lowest BCUT2D eigenvalue weighted by atomic mass is 9.95. The van der Waals surface area contributed by atoms with E-state index in [0.29, 0.717) is 21.2 Å². The number of halogens is 2. The van der Waals surface area contributed by atoms with Gasteiger partial charge in [-0.05, 0) is 12.1 Å². The maximum atomic E-state index is 9.28. The highest BCUT2D eigenvalue weighted by Gasteiger charge is 2.30. The van der Waals surface area contributed by atoms with Gasteiger partial charge in [-0.1, -0.05) is 29.3 Å². The van der Waals surface area contributed by atoms with Gasteiger partial charge in [0.2, 0.25) is 5.96 Å². The molecule has 0 amide bonds. The zero-order valence-corrected chi connectivity index (χ0v) is 14.0. The largest absolute Gasteiger partial charge is 0.397 e. The maximum absolute atomic E-state index is 9.28. The molecule has 1 aliphatic heterocycles. The van der Waals surface area contributed by atoms with E-state index in [0.717, 1.165) is 0 Å². The molecule has 0 bridgehead atoms. The quantitative estimate of drug-likeness (QED) is 0.443. The Morgan fingerprint density at radius 2 is 2.00 bits per heavy atom. The maximum Gasteiger partial charge on any atom is 0.211 e. The van der Waals surface area contributed by atoms with Crippen LogP contribution in [0.5, 0.6) is 0 Å². The first-order chi connectivity index (χ1) is 12.0. The van der Waals surface area contributed by atoms with Gasteiger partial charge in [0.05, 0.1) is 5.69 Å². The normalized spacial score (nSPS) is 15.2. The highest BCUT2D eigenvalue weighted by atomic mass is 35.5. The van der Waals surface area contributed by atoms with E-state index in [-0.39, 0.29) is 28.8 Å². The van der Waals surface area contributed by atoms with Crippen LogP contribution < -0.4 is 22.1 Å². The first-order valence-electron chi connectivity index (χ1n) is 6.90. The molecule has 8 nitrogen and oxygen atoms in total. The van der Waals surface area contributed by atoms with Crippen molar-refractivity contribution in [1.29, 1.82) is 10.5 Å². The molecule has 2 heterocycles. The van der Waals surface area contributed by atoms with Crippen molar-refractivity contribution in [2.45, 2.75) is 6.04 Å². The number of benzene rings is 1. The summed E-state index contributed by atoms with van der Waals surface area (Å²) in [5.41, 5.74) is 13.2. The number of rotatable bonds is 1. The Balaban J connectivity index is 2.28. The first-order valence-corrected chi connectivity index (χ1v) is 7.65. The number of nitriles is 2. The summed E-state index contributed by atoms with van der Waals surface area (Å²) in [7, 11) is 0. The number of nitrogens with one attached hydrogen (secondary N) is 2. The topological polar surface area (TPSA) is 149 Å². The Hall–Kier alpha value is -3.20. The van der Waals surface area contributed by atoms with Crippen LogP contribution in [0.25, 0.3) is 0 Å². The Morgan fingerprint density at radius 3 is 2.64 bits per heavy atom. The number of nitrogen functional groups attached to an aromatic ring is 2. The summed E-state index contributed by atoms with van der Waals surface area (Å²) >= 11 is 12.3. The molecule has 3 rings (SSSR count). The number of hydrogen-bond acceptors (Lipinski definition) is 8. The molecular weight excluding hydrogens is 363 g/mol. The summed E-state index contributed by atoms with van der Waals surface area (Å²) in [4.78, 5) is 8.58. The standard InChI is InChI=1S/C15H10Cl2N8/c16-6-1-2-7(9(17)3-6)12-10-11(20)8(4-18)13(21)24-14(10)25-15(23-12)22-5-19/h1-3,12H,(H6,20,21,22,23,24,25). The smallest absolute Gasteiger partial charge is 0.211 e. The number of anilines is 3. The molecule has 0 fully saturated rings. The van der Waals surface area contributed by atoms with Crippen LogP contribution in [0.15, 0.2) is 23.2 Å². The van der Waals surface area contributed by atoms with Gasteiger partial charge in [-0.25, -0.2) is 9.98 Å². The Morgan fingerprint density at radius 1 is 1.24 bits per heavy atom. The lowest BCUT2D eigenvalue weighted by Crippen LogP contribution is -2.32. The van der Waals surface area contributed by atoms with E-state index in [1.165, 1.54) is 0 Å². The van der Waals surface area contributed by atoms with Crippen molar-refractivity contribution in [3.05, 3.63) is 44.9 Å². The van der Waals surface area contributed by atoms with Crippen molar-refractivity contribution in [1.82, 2.24) is 10.3 Å². The molecule has 0 saturated carbocycles. The van der Waals surface area contributed by atoms with Crippen LogP contribution in [0.4, 0.5) is 17.3 Å². The minimum Gasteiger partial charge on any atom is -0.397 e. The number of fused-ring (bicyclic) bond motifs is 1. The van der Waals surface area contributed by atoms with Crippen molar-refractivity contribution in [3.8, 4) is 12.3 Å².